The number of hydrogen-bond acceptors (Lipinski definition) is 4. The molecule has 1 fully saturated rings. The van der Waals surface area contributed by atoms with Gasteiger partial charge in [0.2, 0.25) is 5.91 Å². The first-order valence-electron chi connectivity index (χ1n) is 7.54. The fourth-order valence-electron chi connectivity index (χ4n) is 1.98. The van der Waals surface area contributed by atoms with E-state index in [1.54, 1.807) is 11.9 Å². The number of rotatable bonds is 2. The van der Waals surface area contributed by atoms with E-state index in [2.05, 4.69) is 0 Å². The fraction of sp³-hybridized carbons (Fsp3) is 0.867. The summed E-state index contributed by atoms with van der Waals surface area (Å²) in [7, 11) is 3.07. The van der Waals surface area contributed by atoms with E-state index in [4.69, 9.17) is 9.57 Å². The molecule has 2 amide bonds. The summed E-state index contributed by atoms with van der Waals surface area (Å²) in [4.78, 5) is 30.3. The molecule has 0 aliphatic carbocycles. The van der Waals surface area contributed by atoms with E-state index in [0.29, 0.717) is 25.9 Å². The molecule has 1 aliphatic rings. The summed E-state index contributed by atoms with van der Waals surface area (Å²) in [5, 5.41) is 1.24. The number of amides is 2. The van der Waals surface area contributed by atoms with E-state index < -0.39 is 5.60 Å². The van der Waals surface area contributed by atoms with Gasteiger partial charge >= 0.3 is 6.09 Å². The zero-order chi connectivity index (χ0) is 16.6. The van der Waals surface area contributed by atoms with Gasteiger partial charge in [0.15, 0.2) is 0 Å². The van der Waals surface area contributed by atoms with Crippen molar-refractivity contribution in [3.8, 4) is 0 Å². The number of carbonyl (C=O) groups is 2. The molecule has 0 unspecified atom stereocenters. The van der Waals surface area contributed by atoms with Crippen molar-refractivity contribution >= 4 is 12.0 Å². The Morgan fingerprint density at radius 1 is 1.14 bits per heavy atom. The lowest BCUT2D eigenvalue weighted by molar-refractivity contribution is -0.174. The van der Waals surface area contributed by atoms with Gasteiger partial charge in [-0.1, -0.05) is 13.8 Å². The monoisotopic (exact) mass is 302 g/mol. The molecule has 6 nitrogen and oxygen atoms in total. The van der Waals surface area contributed by atoms with Crippen LogP contribution in [0.1, 0.15) is 47.5 Å². The largest absolute Gasteiger partial charge is 0.444 e. The predicted molar refractivity (Wildman–Crippen MR) is 81.7 cm³/mol. The van der Waals surface area contributed by atoms with Crippen molar-refractivity contribution in [1.29, 1.82) is 0 Å². The van der Waals surface area contributed by atoms with Gasteiger partial charge in [-0.3, -0.25) is 9.63 Å². The molecule has 0 aromatic heterocycles. The lowest BCUT2D eigenvalue weighted by atomic mass is 9.96. The number of hydrogen-bond donors (Lipinski definition) is 0. The van der Waals surface area contributed by atoms with Crippen LogP contribution >= 0.6 is 0 Å². The Morgan fingerprint density at radius 2 is 1.62 bits per heavy atom. The van der Waals surface area contributed by atoms with Gasteiger partial charge in [0.1, 0.15) is 5.60 Å². The minimum atomic E-state index is -0.486. The van der Waals surface area contributed by atoms with Crippen LogP contribution in [0.3, 0.4) is 0 Å². The quantitative estimate of drug-likeness (QED) is 0.736. The maximum atomic E-state index is 11.9. The average Bonchev–Trinajstić information content (AvgIpc) is 2.46. The van der Waals surface area contributed by atoms with Crippen molar-refractivity contribution in [3.63, 3.8) is 0 Å². The van der Waals surface area contributed by atoms with Gasteiger partial charge in [0, 0.05) is 26.1 Å². The third kappa shape index (κ3) is 6.80. The molecule has 1 saturated heterocycles. The second-order valence-electron chi connectivity index (χ2n) is 5.76. The Kier molecular flexibility index (Phi) is 8.32. The lowest BCUT2D eigenvalue weighted by Gasteiger charge is -2.33. The molecule has 6 heteroatoms. The van der Waals surface area contributed by atoms with Crippen molar-refractivity contribution in [2.24, 2.45) is 5.92 Å². The third-order valence-corrected chi connectivity index (χ3v) is 3.08. The molecule has 21 heavy (non-hydrogen) atoms. The van der Waals surface area contributed by atoms with Crippen molar-refractivity contribution in [2.75, 3.05) is 27.2 Å². The number of likely N-dealkylation sites (tertiary alicyclic amines) is 1. The van der Waals surface area contributed by atoms with Gasteiger partial charge in [-0.2, -0.15) is 0 Å². The van der Waals surface area contributed by atoms with Crippen molar-refractivity contribution in [1.82, 2.24) is 9.96 Å². The van der Waals surface area contributed by atoms with Crippen LogP contribution in [0.15, 0.2) is 0 Å². The van der Waals surface area contributed by atoms with E-state index in [-0.39, 0.29) is 17.9 Å². The molecule has 1 rings (SSSR count). The maximum Gasteiger partial charge on any atom is 0.410 e. The summed E-state index contributed by atoms with van der Waals surface area (Å²) in [6.45, 7) is 10.6. The smallest absolute Gasteiger partial charge is 0.410 e. The SMILES string of the molecule is CC.CON(C)C(=O)C1CCN(C(=O)OC(C)(C)C)CC1. The predicted octanol–water partition coefficient (Wildman–Crippen LogP) is 2.68. The number of nitrogens with zero attached hydrogens (tertiary/aromatic N) is 2. The highest BCUT2D eigenvalue weighted by atomic mass is 16.7. The second-order valence-corrected chi connectivity index (χ2v) is 5.76. The molecule has 0 aromatic carbocycles. The maximum absolute atomic E-state index is 11.9. The number of hydroxylamine groups is 2. The number of carbonyl (C=O) groups excluding carboxylic acids is 2. The van der Waals surface area contributed by atoms with Gasteiger partial charge in [0.05, 0.1) is 7.11 Å². The van der Waals surface area contributed by atoms with E-state index in [1.807, 2.05) is 34.6 Å². The average molecular weight is 302 g/mol. The molecule has 0 saturated carbocycles. The highest BCUT2D eigenvalue weighted by Crippen LogP contribution is 2.21. The first kappa shape index (κ1) is 19.7. The van der Waals surface area contributed by atoms with Gasteiger partial charge in [-0.25, -0.2) is 9.86 Å². The number of piperidine rings is 1. The lowest BCUT2D eigenvalue weighted by Crippen LogP contribution is -2.45. The highest BCUT2D eigenvalue weighted by molar-refractivity contribution is 5.78. The highest BCUT2D eigenvalue weighted by Gasteiger charge is 2.31. The van der Waals surface area contributed by atoms with E-state index >= 15 is 0 Å². The fourth-order valence-corrected chi connectivity index (χ4v) is 1.98. The second kappa shape index (κ2) is 8.87. The molecule has 0 aromatic rings. The Labute approximate surface area is 128 Å². The normalized spacial score (nSPS) is 15.9. The number of ether oxygens (including phenoxy) is 1. The molecule has 1 heterocycles. The van der Waals surface area contributed by atoms with Gasteiger partial charge in [-0.05, 0) is 33.6 Å². The van der Waals surface area contributed by atoms with Crippen molar-refractivity contribution in [2.45, 2.75) is 53.1 Å². The van der Waals surface area contributed by atoms with E-state index in [0.717, 1.165) is 0 Å². The van der Waals surface area contributed by atoms with Crippen molar-refractivity contribution < 1.29 is 19.2 Å². The van der Waals surface area contributed by atoms with Crippen LogP contribution in [0.4, 0.5) is 4.79 Å². The van der Waals surface area contributed by atoms with Crippen LogP contribution in [-0.2, 0) is 14.4 Å². The Balaban J connectivity index is 0.00000191. The minimum Gasteiger partial charge on any atom is -0.444 e. The summed E-state index contributed by atoms with van der Waals surface area (Å²) in [6, 6.07) is 0. The zero-order valence-corrected chi connectivity index (χ0v) is 14.4. The van der Waals surface area contributed by atoms with E-state index in [1.165, 1.54) is 12.2 Å². The van der Waals surface area contributed by atoms with Gasteiger partial charge in [0.25, 0.3) is 0 Å². The Bertz CT molecular complexity index is 331. The van der Waals surface area contributed by atoms with Gasteiger partial charge < -0.3 is 9.64 Å². The molecular weight excluding hydrogens is 272 g/mol. The summed E-state index contributed by atoms with van der Waals surface area (Å²) in [5.74, 6) is -0.116. The standard InChI is InChI=1S/C13H24N2O4.C2H6/c1-13(2,3)19-12(17)15-8-6-10(7-9-15)11(16)14(4)18-5;1-2/h10H,6-9H2,1-5H3;1-2H3. The summed E-state index contributed by atoms with van der Waals surface area (Å²) in [6.07, 6.45) is 0.982. The van der Waals surface area contributed by atoms with Crippen LogP contribution in [0, 0.1) is 5.92 Å². The molecule has 0 bridgehead atoms. The minimum absolute atomic E-state index is 0.0358. The summed E-state index contributed by atoms with van der Waals surface area (Å²) < 4.78 is 5.31. The van der Waals surface area contributed by atoms with Crippen LogP contribution < -0.4 is 0 Å². The molecule has 124 valence electrons. The first-order valence-corrected chi connectivity index (χ1v) is 7.54. The molecular formula is C15H30N2O4. The third-order valence-electron chi connectivity index (χ3n) is 3.08. The molecule has 0 atom stereocenters. The topological polar surface area (TPSA) is 59.1 Å². The molecule has 1 aliphatic heterocycles. The first-order chi connectivity index (χ1) is 9.74. The van der Waals surface area contributed by atoms with Crippen LogP contribution in [0.25, 0.3) is 0 Å². The van der Waals surface area contributed by atoms with Crippen LogP contribution in [0.5, 0.6) is 0 Å². The summed E-state index contributed by atoms with van der Waals surface area (Å²) in [5.41, 5.74) is -0.486. The molecule has 0 radical (unpaired) electrons. The van der Waals surface area contributed by atoms with Gasteiger partial charge in [-0.15, -0.1) is 0 Å². The summed E-state index contributed by atoms with van der Waals surface area (Å²) >= 11 is 0. The van der Waals surface area contributed by atoms with Crippen LogP contribution in [-0.4, -0.2) is 54.8 Å². The zero-order valence-electron chi connectivity index (χ0n) is 14.4. The molecule has 0 N–H and O–H groups in total. The van der Waals surface area contributed by atoms with E-state index in [9.17, 15) is 9.59 Å². The Morgan fingerprint density at radius 3 is 2.00 bits per heavy atom. The molecule has 0 spiro atoms. The van der Waals surface area contributed by atoms with Crippen molar-refractivity contribution in [3.05, 3.63) is 0 Å². The van der Waals surface area contributed by atoms with Crippen LogP contribution in [0.2, 0.25) is 0 Å². The Hall–Kier alpha value is -1.30.